The lowest BCUT2D eigenvalue weighted by Crippen LogP contribution is -2.30. The third-order valence-electron chi connectivity index (χ3n) is 4.47. The van der Waals surface area contributed by atoms with E-state index >= 15 is 0 Å². The summed E-state index contributed by atoms with van der Waals surface area (Å²) in [5, 5.41) is 4.51. The summed E-state index contributed by atoms with van der Waals surface area (Å²) in [5.74, 6) is 0.539. The third kappa shape index (κ3) is 5.96. The Hall–Kier alpha value is -2.56. The first-order valence-electron chi connectivity index (χ1n) is 9.51. The molecule has 0 radical (unpaired) electrons. The molecule has 6 heteroatoms. The summed E-state index contributed by atoms with van der Waals surface area (Å²) in [5.41, 5.74) is 2.53. The van der Waals surface area contributed by atoms with Gasteiger partial charge in [-0.05, 0) is 17.5 Å². The zero-order valence-electron chi connectivity index (χ0n) is 16.0. The fraction of sp³-hybridized carbons (Fsp3) is 0.217. The van der Waals surface area contributed by atoms with Crippen molar-refractivity contribution in [3.05, 3.63) is 99.4 Å². The average Bonchev–Trinajstić information content (AvgIpc) is 2.76. The van der Waals surface area contributed by atoms with E-state index in [1.807, 2.05) is 72.8 Å². The van der Waals surface area contributed by atoms with Gasteiger partial charge in [0.15, 0.2) is 0 Å². The Morgan fingerprint density at radius 3 is 2.41 bits per heavy atom. The summed E-state index contributed by atoms with van der Waals surface area (Å²) in [4.78, 5) is 14.8. The number of aromatic nitrogens is 2. The number of rotatable bonds is 9. The Morgan fingerprint density at radius 2 is 1.72 bits per heavy atom. The molecule has 0 saturated carbocycles. The second kappa shape index (κ2) is 10.8. The van der Waals surface area contributed by atoms with Gasteiger partial charge in [-0.1, -0.05) is 84.4 Å². The van der Waals surface area contributed by atoms with E-state index in [2.05, 4.69) is 10.00 Å². The van der Waals surface area contributed by atoms with Gasteiger partial charge in [0.2, 0.25) is 0 Å². The lowest BCUT2D eigenvalue weighted by molar-refractivity contribution is 0.647. The maximum atomic E-state index is 12.7. The van der Waals surface area contributed by atoms with Crippen molar-refractivity contribution in [3.63, 3.8) is 0 Å². The molecule has 0 N–H and O–H groups in total. The molecule has 0 amide bonds. The largest absolute Gasteiger partial charge is 0.364 e. The van der Waals surface area contributed by atoms with Gasteiger partial charge in [-0.2, -0.15) is 5.10 Å². The number of hydrogen-bond acceptors (Lipinski definition) is 3. The number of alkyl halides is 1. The minimum atomic E-state index is -0.300. The van der Waals surface area contributed by atoms with Crippen molar-refractivity contribution in [2.75, 3.05) is 17.3 Å². The average molecular weight is 428 g/mol. The second-order valence-electron chi connectivity index (χ2n) is 6.59. The highest BCUT2D eigenvalue weighted by molar-refractivity contribution is 6.33. The van der Waals surface area contributed by atoms with Crippen LogP contribution in [-0.4, -0.2) is 22.2 Å². The fourth-order valence-electron chi connectivity index (χ4n) is 3.00. The number of hydrogen-bond donors (Lipinski definition) is 0. The molecule has 1 aromatic heterocycles. The molecule has 29 heavy (non-hydrogen) atoms. The first-order chi connectivity index (χ1) is 14.2. The molecule has 0 fully saturated rings. The first kappa shape index (κ1) is 21.2. The van der Waals surface area contributed by atoms with Crippen LogP contribution >= 0.6 is 23.2 Å². The van der Waals surface area contributed by atoms with Crippen LogP contribution in [0.15, 0.2) is 77.7 Å². The van der Waals surface area contributed by atoms with Gasteiger partial charge >= 0.3 is 0 Å². The molecule has 0 aliphatic heterocycles. The molecule has 2 aromatic carbocycles. The molecule has 3 aromatic rings. The highest BCUT2D eigenvalue weighted by Gasteiger charge is 2.15. The van der Waals surface area contributed by atoms with E-state index in [0.717, 1.165) is 17.5 Å². The Labute approximate surface area is 181 Å². The summed E-state index contributed by atoms with van der Waals surface area (Å²) in [6, 6.07) is 20.0. The molecule has 4 nitrogen and oxygen atoms in total. The van der Waals surface area contributed by atoms with Gasteiger partial charge < -0.3 is 4.90 Å². The van der Waals surface area contributed by atoms with Crippen LogP contribution in [0.25, 0.3) is 6.08 Å². The maximum Gasteiger partial charge on any atom is 0.287 e. The van der Waals surface area contributed by atoms with E-state index in [9.17, 15) is 4.79 Å². The number of benzene rings is 2. The van der Waals surface area contributed by atoms with Gasteiger partial charge in [0, 0.05) is 19.0 Å². The normalized spacial score (nSPS) is 11.1. The Balaban J connectivity index is 1.80. The van der Waals surface area contributed by atoms with Gasteiger partial charge in [-0.25, -0.2) is 4.68 Å². The summed E-state index contributed by atoms with van der Waals surface area (Å²) < 4.78 is 1.37. The first-order valence-corrected chi connectivity index (χ1v) is 10.4. The molecule has 0 aliphatic carbocycles. The van der Waals surface area contributed by atoms with E-state index in [1.165, 1.54) is 4.68 Å². The molecule has 0 aliphatic rings. The summed E-state index contributed by atoms with van der Waals surface area (Å²) in [6.07, 6.45) is 6.30. The molecular formula is C23H23Cl2N3O. The van der Waals surface area contributed by atoms with Crippen molar-refractivity contribution in [3.8, 4) is 0 Å². The van der Waals surface area contributed by atoms with Crippen molar-refractivity contribution in [1.82, 2.24) is 9.78 Å². The number of nitrogens with zero attached hydrogens (tertiary/aromatic N) is 3. The van der Waals surface area contributed by atoms with Crippen molar-refractivity contribution < 1.29 is 0 Å². The van der Waals surface area contributed by atoms with Gasteiger partial charge in [0.25, 0.3) is 5.56 Å². The van der Waals surface area contributed by atoms with E-state index in [1.54, 1.807) is 6.20 Å². The zero-order chi connectivity index (χ0) is 20.5. The van der Waals surface area contributed by atoms with E-state index in [-0.39, 0.29) is 10.6 Å². The molecule has 1 heterocycles. The van der Waals surface area contributed by atoms with Crippen LogP contribution in [0.5, 0.6) is 0 Å². The summed E-state index contributed by atoms with van der Waals surface area (Å²) in [6.45, 7) is 1.68. The lowest BCUT2D eigenvalue weighted by atomic mass is 10.2. The zero-order valence-corrected chi connectivity index (χ0v) is 17.6. The smallest absolute Gasteiger partial charge is 0.287 e. The fourth-order valence-corrected chi connectivity index (χ4v) is 3.38. The predicted molar refractivity (Wildman–Crippen MR) is 122 cm³/mol. The minimum Gasteiger partial charge on any atom is -0.364 e. The number of allylic oxidation sites excluding steroid dienone is 1. The third-order valence-corrected chi connectivity index (χ3v) is 5.10. The van der Waals surface area contributed by atoms with Crippen LogP contribution < -0.4 is 10.5 Å². The molecule has 0 unspecified atom stereocenters. The van der Waals surface area contributed by atoms with E-state index in [0.29, 0.717) is 31.2 Å². The molecule has 0 atom stereocenters. The van der Waals surface area contributed by atoms with Gasteiger partial charge in [0.1, 0.15) is 5.02 Å². The second-order valence-corrected chi connectivity index (χ2v) is 7.35. The van der Waals surface area contributed by atoms with Gasteiger partial charge in [-0.15, -0.1) is 11.6 Å². The minimum absolute atomic E-state index is 0.179. The maximum absolute atomic E-state index is 12.7. The van der Waals surface area contributed by atoms with Crippen molar-refractivity contribution in [2.45, 2.75) is 19.5 Å². The van der Waals surface area contributed by atoms with Crippen molar-refractivity contribution >= 4 is 35.0 Å². The van der Waals surface area contributed by atoms with Crippen molar-refractivity contribution in [2.24, 2.45) is 0 Å². The van der Waals surface area contributed by atoms with Crippen LogP contribution in [0.4, 0.5) is 5.69 Å². The molecular weight excluding hydrogens is 405 g/mol. The van der Waals surface area contributed by atoms with Crippen LogP contribution in [0.1, 0.15) is 17.5 Å². The van der Waals surface area contributed by atoms with Gasteiger partial charge in [-0.3, -0.25) is 4.79 Å². The number of anilines is 1. The van der Waals surface area contributed by atoms with Crippen molar-refractivity contribution in [1.29, 1.82) is 0 Å². The summed E-state index contributed by atoms with van der Waals surface area (Å²) >= 11 is 12.4. The SMILES string of the molecule is O=c1c(Cl)c(N(CCCCl)Cc2ccccc2)cnn1C/C=C/c1ccccc1. The Kier molecular flexibility index (Phi) is 7.91. The Morgan fingerprint density at radius 1 is 1.03 bits per heavy atom. The predicted octanol–water partition coefficient (Wildman–Crippen LogP) is 5.25. The monoisotopic (exact) mass is 427 g/mol. The molecule has 150 valence electrons. The van der Waals surface area contributed by atoms with E-state index < -0.39 is 0 Å². The summed E-state index contributed by atoms with van der Waals surface area (Å²) in [7, 11) is 0. The Bertz CT molecular complexity index is 988. The lowest BCUT2D eigenvalue weighted by Gasteiger charge is -2.25. The van der Waals surface area contributed by atoms with Crippen LogP contribution in [0.2, 0.25) is 5.02 Å². The van der Waals surface area contributed by atoms with Crippen LogP contribution in [0, 0.1) is 0 Å². The molecule has 3 rings (SSSR count). The van der Waals surface area contributed by atoms with Gasteiger partial charge in [0.05, 0.1) is 18.4 Å². The highest BCUT2D eigenvalue weighted by Crippen LogP contribution is 2.23. The highest BCUT2D eigenvalue weighted by atomic mass is 35.5. The molecule has 0 saturated heterocycles. The molecule has 0 spiro atoms. The quantitative estimate of drug-likeness (QED) is 0.437. The van der Waals surface area contributed by atoms with E-state index in [4.69, 9.17) is 23.2 Å². The topological polar surface area (TPSA) is 38.1 Å². The standard InChI is InChI=1S/C23H23Cl2N3O/c24-14-8-15-27(18-20-11-5-2-6-12-20)21-17-26-28(23(29)22(21)25)16-7-13-19-9-3-1-4-10-19/h1-7,9-13,17H,8,14-16,18H2/b13-7+. The molecule has 0 bridgehead atoms. The van der Waals surface area contributed by atoms with Crippen LogP contribution in [-0.2, 0) is 13.1 Å². The van der Waals surface area contributed by atoms with Crippen LogP contribution in [0.3, 0.4) is 0 Å². The number of halogens is 2.